The minimum Gasteiger partial charge on any atom is -0.322 e. The van der Waals surface area contributed by atoms with Crippen LogP contribution in [0.15, 0.2) is 20.9 Å². The number of imidazole rings is 1. The number of aromatic nitrogens is 6. The first-order valence-corrected chi connectivity index (χ1v) is 11.9. The van der Waals surface area contributed by atoms with Crippen LogP contribution in [0.2, 0.25) is 0 Å². The minimum absolute atomic E-state index is 0. The van der Waals surface area contributed by atoms with Crippen molar-refractivity contribution >= 4 is 28.7 Å². The van der Waals surface area contributed by atoms with Crippen molar-refractivity contribution in [2.45, 2.75) is 75.3 Å². The lowest BCUT2D eigenvalue weighted by Crippen LogP contribution is -2.48. The maximum absolute atomic E-state index is 12.3. The Morgan fingerprint density at radius 2 is 1.56 bits per heavy atom. The predicted molar refractivity (Wildman–Crippen MR) is 158 cm³/mol. The first kappa shape index (κ1) is 33.2. The van der Waals surface area contributed by atoms with E-state index in [1.807, 2.05) is 44.1 Å². The van der Waals surface area contributed by atoms with Crippen LogP contribution < -0.4 is 16.1 Å². The standard InChI is InChI=1S/C13H18N4O2.C11H15N5O.3CH4/c1-7-14-9(13(2,3)4)8-10(15-7)16(5)12(19)17(6)11(8)18;1-7(2)16-6-13-9-8(16)10(17)14(3)11-12-4-5-15(9)11;;;/h1-6H3;6-7H,4-5H2,1-3H3;3*1H4. The van der Waals surface area contributed by atoms with Gasteiger partial charge in [0.05, 0.1) is 18.6 Å². The van der Waals surface area contributed by atoms with E-state index in [1.54, 1.807) is 32.2 Å². The number of guanidine groups is 1. The van der Waals surface area contributed by atoms with Gasteiger partial charge in [0, 0.05) is 39.1 Å². The van der Waals surface area contributed by atoms with Gasteiger partial charge in [0.25, 0.3) is 11.5 Å². The lowest BCUT2D eigenvalue weighted by atomic mass is 9.90. The summed E-state index contributed by atoms with van der Waals surface area (Å²) in [6.45, 7) is 13.3. The van der Waals surface area contributed by atoms with E-state index in [9.17, 15) is 14.4 Å². The molecule has 2 aliphatic rings. The summed E-state index contributed by atoms with van der Waals surface area (Å²) in [6.07, 6.45) is 1.74. The number of aliphatic imine (C=N–C) groups is 1. The zero-order valence-corrected chi connectivity index (χ0v) is 22.3. The highest BCUT2D eigenvalue weighted by atomic mass is 16.2. The Morgan fingerprint density at radius 3 is 2.13 bits per heavy atom. The molecule has 12 heteroatoms. The predicted octanol–water partition coefficient (Wildman–Crippen LogP) is 3.27. The van der Waals surface area contributed by atoms with Gasteiger partial charge in [-0.25, -0.2) is 19.7 Å². The topological polar surface area (TPSA) is 124 Å². The third-order valence-electron chi connectivity index (χ3n) is 6.33. The fraction of sp³-hybridized carbons (Fsp3) is 0.593. The molecule has 0 radical (unpaired) electrons. The van der Waals surface area contributed by atoms with E-state index >= 15 is 0 Å². The first-order chi connectivity index (χ1) is 16.8. The molecular weight excluding hydrogens is 498 g/mol. The number of carbonyl (C=O) groups is 1. The SMILES string of the molecule is C.C.C.CC(C)n1cnc2c1C(=O)N(C)C1=NCCN12.Cc1nc(C(C)(C)C)c2c(=O)n(C)c(=O)n(C)c2n1. The number of carbonyl (C=O) groups excluding carboxylic acids is 1. The van der Waals surface area contributed by atoms with E-state index in [1.165, 1.54) is 11.6 Å². The molecule has 1 amide bonds. The summed E-state index contributed by atoms with van der Waals surface area (Å²) in [4.78, 5) is 57.6. The minimum atomic E-state index is -0.379. The summed E-state index contributed by atoms with van der Waals surface area (Å²) in [6, 6.07) is 0.227. The number of aryl methyl sites for hydroxylation is 2. The second kappa shape index (κ2) is 11.5. The normalized spacial score (nSPS) is 14.0. The van der Waals surface area contributed by atoms with E-state index in [2.05, 4.69) is 19.9 Å². The fourth-order valence-corrected chi connectivity index (χ4v) is 4.43. The maximum atomic E-state index is 12.3. The molecule has 5 heterocycles. The third kappa shape index (κ3) is 5.37. The molecule has 39 heavy (non-hydrogen) atoms. The van der Waals surface area contributed by atoms with Gasteiger partial charge < -0.3 is 4.57 Å². The first-order valence-electron chi connectivity index (χ1n) is 11.9. The zero-order valence-electron chi connectivity index (χ0n) is 22.3. The molecule has 0 spiro atoms. The largest absolute Gasteiger partial charge is 0.332 e. The summed E-state index contributed by atoms with van der Waals surface area (Å²) >= 11 is 0. The van der Waals surface area contributed by atoms with Crippen molar-refractivity contribution in [2.75, 3.05) is 25.0 Å². The van der Waals surface area contributed by atoms with Gasteiger partial charge in [-0.05, 0) is 20.8 Å². The van der Waals surface area contributed by atoms with Crippen molar-refractivity contribution in [2.24, 2.45) is 19.1 Å². The number of hydrogen-bond acceptors (Lipinski definition) is 8. The van der Waals surface area contributed by atoms with Crippen LogP contribution in [0.3, 0.4) is 0 Å². The van der Waals surface area contributed by atoms with Crippen LogP contribution in [0.5, 0.6) is 0 Å². The van der Waals surface area contributed by atoms with Crippen LogP contribution in [-0.2, 0) is 19.5 Å². The molecule has 3 aromatic rings. The zero-order chi connectivity index (χ0) is 26.7. The lowest BCUT2D eigenvalue weighted by molar-refractivity contribution is 0.0853. The van der Waals surface area contributed by atoms with Crippen LogP contribution in [0, 0.1) is 6.92 Å². The Labute approximate surface area is 231 Å². The van der Waals surface area contributed by atoms with Gasteiger partial charge in [0.2, 0.25) is 5.96 Å². The molecule has 5 rings (SSSR count). The van der Waals surface area contributed by atoms with Gasteiger partial charge >= 0.3 is 5.69 Å². The van der Waals surface area contributed by atoms with Gasteiger partial charge in [-0.1, -0.05) is 43.1 Å². The molecule has 0 atom stereocenters. The summed E-state index contributed by atoms with van der Waals surface area (Å²) in [7, 11) is 4.85. The molecule has 2 aliphatic heterocycles. The molecule has 0 saturated carbocycles. The fourth-order valence-electron chi connectivity index (χ4n) is 4.43. The molecule has 0 N–H and O–H groups in total. The van der Waals surface area contributed by atoms with Crippen LogP contribution >= 0.6 is 0 Å². The van der Waals surface area contributed by atoms with E-state index in [0.29, 0.717) is 28.2 Å². The van der Waals surface area contributed by atoms with Gasteiger partial charge in [-0.3, -0.25) is 33.5 Å². The Bertz CT molecular complexity index is 1520. The third-order valence-corrected chi connectivity index (χ3v) is 6.33. The molecule has 0 saturated heterocycles. The highest BCUT2D eigenvalue weighted by Crippen LogP contribution is 2.30. The molecular formula is C27H45N9O3. The van der Waals surface area contributed by atoms with Crippen molar-refractivity contribution in [3.8, 4) is 0 Å². The quantitative estimate of drug-likeness (QED) is 0.461. The monoisotopic (exact) mass is 543 g/mol. The molecule has 12 nitrogen and oxygen atoms in total. The van der Waals surface area contributed by atoms with Crippen molar-refractivity contribution < 1.29 is 4.79 Å². The van der Waals surface area contributed by atoms with E-state index in [-0.39, 0.29) is 50.9 Å². The Morgan fingerprint density at radius 1 is 0.949 bits per heavy atom. The number of amides is 1. The summed E-state index contributed by atoms with van der Waals surface area (Å²) in [5.74, 6) is 2.00. The molecule has 0 aromatic carbocycles. The van der Waals surface area contributed by atoms with Gasteiger partial charge in [-0.2, -0.15) is 0 Å². The summed E-state index contributed by atoms with van der Waals surface area (Å²) < 4.78 is 4.40. The molecule has 3 aromatic heterocycles. The van der Waals surface area contributed by atoms with Crippen LogP contribution in [-0.4, -0.2) is 65.6 Å². The summed E-state index contributed by atoms with van der Waals surface area (Å²) in [5.41, 5.74) is 0.716. The average Bonchev–Trinajstić information content (AvgIpc) is 3.46. The Balaban J connectivity index is 0.000000363. The Hall–Kier alpha value is -3.83. The molecule has 0 fully saturated rings. The number of rotatable bonds is 1. The number of fused-ring (bicyclic) bond motifs is 4. The average molecular weight is 544 g/mol. The number of anilines is 1. The van der Waals surface area contributed by atoms with E-state index in [4.69, 9.17) is 0 Å². The van der Waals surface area contributed by atoms with Crippen LogP contribution in [0.4, 0.5) is 5.82 Å². The van der Waals surface area contributed by atoms with Gasteiger partial charge in [0.15, 0.2) is 17.2 Å². The maximum Gasteiger partial charge on any atom is 0.332 e. The smallest absolute Gasteiger partial charge is 0.322 e. The Kier molecular flexibility index (Phi) is 9.79. The summed E-state index contributed by atoms with van der Waals surface area (Å²) in [5, 5.41) is 0.419. The molecule has 0 bridgehead atoms. The van der Waals surface area contributed by atoms with Crippen LogP contribution in [0.1, 0.15) is 84.9 Å². The van der Waals surface area contributed by atoms with Crippen molar-refractivity contribution in [1.82, 2.24) is 33.6 Å². The molecule has 0 unspecified atom stereocenters. The highest BCUT2D eigenvalue weighted by molar-refractivity contribution is 6.17. The van der Waals surface area contributed by atoms with Crippen molar-refractivity contribution in [3.05, 3.63) is 44.4 Å². The van der Waals surface area contributed by atoms with Crippen molar-refractivity contribution in [3.63, 3.8) is 0 Å². The van der Waals surface area contributed by atoms with E-state index in [0.717, 1.165) is 29.4 Å². The second-order valence-electron chi connectivity index (χ2n) is 10.4. The number of nitrogens with zero attached hydrogens (tertiary/aromatic N) is 9. The van der Waals surface area contributed by atoms with Crippen LogP contribution in [0.25, 0.3) is 11.0 Å². The highest BCUT2D eigenvalue weighted by Gasteiger charge is 2.38. The molecule has 0 aliphatic carbocycles. The lowest BCUT2D eigenvalue weighted by Gasteiger charge is -2.31. The molecule has 216 valence electrons. The second-order valence-corrected chi connectivity index (χ2v) is 10.4. The van der Waals surface area contributed by atoms with Crippen molar-refractivity contribution in [1.29, 1.82) is 0 Å². The van der Waals surface area contributed by atoms with Gasteiger partial charge in [0.1, 0.15) is 11.2 Å². The van der Waals surface area contributed by atoms with E-state index < -0.39 is 0 Å². The van der Waals surface area contributed by atoms with Gasteiger partial charge in [-0.15, -0.1) is 0 Å². The number of hydrogen-bond donors (Lipinski definition) is 0.